The van der Waals surface area contributed by atoms with Gasteiger partial charge in [0.1, 0.15) is 8.07 Å². The Balaban J connectivity index is 4.34. The Hall–Kier alpha value is -0.223. The fourth-order valence-corrected chi connectivity index (χ4v) is 1.19. The van der Waals surface area contributed by atoms with Crippen LogP contribution in [0.2, 0.25) is 19.6 Å². The maximum Gasteiger partial charge on any atom is 0.129 e. The van der Waals surface area contributed by atoms with Crippen LogP contribution >= 0.6 is 0 Å². The summed E-state index contributed by atoms with van der Waals surface area (Å²) < 4.78 is 0. The zero-order valence-electron chi connectivity index (χ0n) is 9.58. The molecular formula is C11H22Si. The zero-order chi connectivity index (χ0) is 9.99. The van der Waals surface area contributed by atoms with Crippen molar-refractivity contribution in [1.29, 1.82) is 0 Å². The van der Waals surface area contributed by atoms with E-state index in [9.17, 15) is 0 Å². The van der Waals surface area contributed by atoms with Crippen molar-refractivity contribution in [3.63, 3.8) is 0 Å². The molecule has 0 radical (unpaired) electrons. The van der Waals surface area contributed by atoms with Crippen molar-refractivity contribution in [3.05, 3.63) is 0 Å². The van der Waals surface area contributed by atoms with Crippen molar-refractivity contribution in [2.45, 2.75) is 47.3 Å². The number of hydrogen-bond acceptors (Lipinski definition) is 0. The van der Waals surface area contributed by atoms with Crippen molar-refractivity contribution in [3.8, 4) is 11.5 Å². The Morgan fingerprint density at radius 2 is 1.50 bits per heavy atom. The Morgan fingerprint density at radius 1 is 1.08 bits per heavy atom. The maximum atomic E-state index is 3.42. The first-order valence-electron chi connectivity index (χ1n) is 4.65. The Labute approximate surface area is 78.8 Å². The lowest BCUT2D eigenvalue weighted by molar-refractivity contribution is 0.324. The van der Waals surface area contributed by atoms with E-state index in [1.54, 1.807) is 0 Å². The lowest BCUT2D eigenvalue weighted by atomic mass is 9.83. The van der Waals surface area contributed by atoms with Gasteiger partial charge in [-0.1, -0.05) is 47.3 Å². The molecule has 0 nitrogen and oxygen atoms in total. The van der Waals surface area contributed by atoms with E-state index in [4.69, 9.17) is 0 Å². The fraction of sp³-hybridized carbons (Fsp3) is 0.818. The number of hydrogen-bond donors (Lipinski definition) is 0. The normalized spacial score (nSPS) is 14.9. The van der Waals surface area contributed by atoms with E-state index in [2.05, 4.69) is 58.8 Å². The van der Waals surface area contributed by atoms with Gasteiger partial charge in [-0.2, -0.15) is 0 Å². The lowest BCUT2D eigenvalue weighted by Crippen LogP contribution is -2.20. The van der Waals surface area contributed by atoms with Gasteiger partial charge in [0.25, 0.3) is 0 Å². The highest BCUT2D eigenvalue weighted by atomic mass is 28.3. The molecule has 0 amide bonds. The van der Waals surface area contributed by atoms with Crippen LogP contribution in [0.15, 0.2) is 0 Å². The second-order valence-corrected chi connectivity index (χ2v) is 10.4. The molecule has 0 unspecified atom stereocenters. The van der Waals surface area contributed by atoms with Gasteiger partial charge in [-0.05, 0) is 5.41 Å². The standard InChI is InChI=1S/C11H22Si/c1-10(11(2,3)4)8-9-12(5,6)7/h10H,1-7H3/t10-/m0/s1. The predicted molar refractivity (Wildman–Crippen MR) is 59.7 cm³/mol. The van der Waals surface area contributed by atoms with Gasteiger partial charge < -0.3 is 0 Å². The quantitative estimate of drug-likeness (QED) is 0.397. The highest BCUT2D eigenvalue weighted by Crippen LogP contribution is 2.24. The van der Waals surface area contributed by atoms with Gasteiger partial charge in [0.05, 0.1) is 0 Å². The minimum atomic E-state index is -1.16. The van der Waals surface area contributed by atoms with E-state index >= 15 is 0 Å². The molecule has 70 valence electrons. The molecule has 0 aliphatic heterocycles. The summed E-state index contributed by atoms with van der Waals surface area (Å²) in [7, 11) is -1.16. The van der Waals surface area contributed by atoms with Crippen LogP contribution in [0.4, 0.5) is 0 Å². The topological polar surface area (TPSA) is 0 Å². The second kappa shape index (κ2) is 3.66. The SMILES string of the molecule is C[C@@H](C#C[Si](C)(C)C)C(C)(C)C. The minimum absolute atomic E-state index is 0.326. The van der Waals surface area contributed by atoms with Crippen molar-refractivity contribution in [2.75, 3.05) is 0 Å². The average molecular weight is 182 g/mol. The molecule has 0 fully saturated rings. The summed E-state index contributed by atoms with van der Waals surface area (Å²) in [6.45, 7) is 15.8. The summed E-state index contributed by atoms with van der Waals surface area (Å²) in [6, 6.07) is 0. The summed E-state index contributed by atoms with van der Waals surface area (Å²) >= 11 is 0. The Kier molecular flexibility index (Phi) is 3.59. The first-order valence-corrected chi connectivity index (χ1v) is 8.15. The third kappa shape index (κ3) is 5.43. The largest absolute Gasteiger partial charge is 0.132 e. The molecule has 0 N–H and O–H groups in total. The zero-order valence-corrected chi connectivity index (χ0v) is 10.6. The highest BCUT2D eigenvalue weighted by Gasteiger charge is 2.18. The molecule has 0 saturated carbocycles. The summed E-state index contributed by atoms with van der Waals surface area (Å²) in [4.78, 5) is 0. The smallest absolute Gasteiger partial charge is 0.129 e. The first kappa shape index (κ1) is 11.8. The van der Waals surface area contributed by atoms with Gasteiger partial charge in [-0.3, -0.25) is 0 Å². The van der Waals surface area contributed by atoms with Crippen LogP contribution in [0.3, 0.4) is 0 Å². The summed E-state index contributed by atoms with van der Waals surface area (Å²) in [5.74, 6) is 3.88. The van der Waals surface area contributed by atoms with Gasteiger partial charge in [0, 0.05) is 5.92 Å². The maximum absolute atomic E-state index is 3.42. The van der Waals surface area contributed by atoms with Crippen LogP contribution in [-0.2, 0) is 0 Å². The van der Waals surface area contributed by atoms with Gasteiger partial charge in [-0.15, -0.1) is 11.5 Å². The van der Waals surface area contributed by atoms with Crippen LogP contribution in [0.5, 0.6) is 0 Å². The summed E-state index contributed by atoms with van der Waals surface area (Å²) in [5.41, 5.74) is 3.74. The molecule has 0 heterocycles. The van der Waals surface area contributed by atoms with E-state index in [-0.39, 0.29) is 0 Å². The van der Waals surface area contributed by atoms with E-state index in [1.165, 1.54) is 0 Å². The van der Waals surface area contributed by atoms with Gasteiger partial charge in [0.15, 0.2) is 0 Å². The summed E-state index contributed by atoms with van der Waals surface area (Å²) in [5, 5.41) is 0. The van der Waals surface area contributed by atoms with E-state index in [1.807, 2.05) is 0 Å². The summed E-state index contributed by atoms with van der Waals surface area (Å²) in [6.07, 6.45) is 0. The Bertz CT molecular complexity index is 192. The molecule has 0 rings (SSSR count). The molecule has 0 aromatic heterocycles. The molecule has 0 bridgehead atoms. The van der Waals surface area contributed by atoms with Crippen molar-refractivity contribution in [2.24, 2.45) is 11.3 Å². The monoisotopic (exact) mass is 182 g/mol. The van der Waals surface area contributed by atoms with E-state index < -0.39 is 8.07 Å². The highest BCUT2D eigenvalue weighted by molar-refractivity contribution is 6.83. The Morgan fingerprint density at radius 3 is 1.75 bits per heavy atom. The van der Waals surface area contributed by atoms with Crippen LogP contribution in [0, 0.1) is 22.8 Å². The van der Waals surface area contributed by atoms with Crippen LogP contribution in [0.1, 0.15) is 27.7 Å². The molecular weight excluding hydrogens is 160 g/mol. The van der Waals surface area contributed by atoms with Crippen molar-refractivity contribution < 1.29 is 0 Å². The van der Waals surface area contributed by atoms with Crippen molar-refractivity contribution in [1.82, 2.24) is 0 Å². The molecule has 12 heavy (non-hydrogen) atoms. The molecule has 1 heteroatoms. The molecule has 0 aromatic carbocycles. The third-order valence-corrected chi connectivity index (χ3v) is 2.86. The first-order chi connectivity index (χ1) is 5.13. The van der Waals surface area contributed by atoms with Crippen LogP contribution in [0.25, 0.3) is 0 Å². The molecule has 1 atom stereocenters. The third-order valence-electron chi connectivity index (χ3n) is 1.96. The van der Waals surface area contributed by atoms with Gasteiger partial charge in [0.2, 0.25) is 0 Å². The average Bonchev–Trinajstić information content (AvgIpc) is 1.78. The fourth-order valence-electron chi connectivity index (χ4n) is 0.541. The number of rotatable bonds is 0. The van der Waals surface area contributed by atoms with E-state index in [0.717, 1.165) is 0 Å². The van der Waals surface area contributed by atoms with Crippen molar-refractivity contribution >= 4 is 8.07 Å². The predicted octanol–water partition coefficient (Wildman–Crippen LogP) is 3.55. The lowest BCUT2D eigenvalue weighted by Gasteiger charge is -2.22. The second-order valence-electron chi connectivity index (χ2n) is 5.61. The minimum Gasteiger partial charge on any atom is -0.132 e. The van der Waals surface area contributed by atoms with Crippen LogP contribution < -0.4 is 0 Å². The molecule has 0 aliphatic carbocycles. The van der Waals surface area contributed by atoms with Crippen LogP contribution in [-0.4, -0.2) is 8.07 Å². The molecule has 0 spiro atoms. The van der Waals surface area contributed by atoms with Gasteiger partial charge in [-0.25, -0.2) is 0 Å². The molecule has 0 saturated heterocycles. The molecule has 0 aromatic rings. The van der Waals surface area contributed by atoms with E-state index in [0.29, 0.717) is 11.3 Å². The molecule has 0 aliphatic rings. The van der Waals surface area contributed by atoms with Gasteiger partial charge >= 0.3 is 0 Å².